The highest BCUT2D eigenvalue weighted by molar-refractivity contribution is 5.84. The highest BCUT2D eigenvalue weighted by Crippen LogP contribution is 2.32. The Bertz CT molecular complexity index is 420. The highest BCUT2D eigenvalue weighted by atomic mass is 19.3. The second kappa shape index (κ2) is 3.81. The van der Waals surface area contributed by atoms with Gasteiger partial charge in [-0.05, 0) is 18.2 Å². The lowest BCUT2D eigenvalue weighted by Gasteiger charge is -2.19. The Kier molecular flexibility index (Phi) is 2.61. The van der Waals surface area contributed by atoms with Crippen LogP contribution in [0.5, 0.6) is 0 Å². The molecular weight excluding hydrogens is 219 g/mol. The van der Waals surface area contributed by atoms with E-state index in [4.69, 9.17) is 0 Å². The van der Waals surface area contributed by atoms with Crippen molar-refractivity contribution < 1.29 is 18.0 Å². The number of rotatable bonds is 2. The van der Waals surface area contributed by atoms with Crippen molar-refractivity contribution in [2.75, 3.05) is 18.0 Å². The first-order valence-corrected chi connectivity index (χ1v) is 4.89. The van der Waals surface area contributed by atoms with Crippen LogP contribution in [0.4, 0.5) is 18.9 Å². The Morgan fingerprint density at radius 1 is 1.38 bits per heavy atom. The van der Waals surface area contributed by atoms with Crippen LogP contribution in [0, 0.1) is 5.82 Å². The smallest absolute Gasteiger partial charge is 0.266 e. The molecule has 0 bridgehead atoms. The van der Waals surface area contributed by atoms with E-state index in [0.717, 1.165) is 6.07 Å². The van der Waals surface area contributed by atoms with Gasteiger partial charge in [0.15, 0.2) is 6.29 Å². The molecule has 1 saturated heterocycles. The van der Waals surface area contributed by atoms with Gasteiger partial charge in [0.05, 0.1) is 6.54 Å². The fraction of sp³-hybridized carbons (Fsp3) is 0.364. The third kappa shape index (κ3) is 2.03. The van der Waals surface area contributed by atoms with Crippen molar-refractivity contribution >= 4 is 12.0 Å². The molecule has 0 spiro atoms. The molecule has 0 N–H and O–H groups in total. The number of carbonyl (C=O) groups is 1. The van der Waals surface area contributed by atoms with E-state index in [1.54, 1.807) is 0 Å². The monoisotopic (exact) mass is 229 g/mol. The molecule has 1 aromatic rings. The first-order chi connectivity index (χ1) is 7.52. The Morgan fingerprint density at radius 3 is 2.69 bits per heavy atom. The number of anilines is 1. The van der Waals surface area contributed by atoms with Gasteiger partial charge in [-0.15, -0.1) is 0 Å². The second-order valence-corrected chi connectivity index (χ2v) is 3.85. The van der Waals surface area contributed by atoms with E-state index in [0.29, 0.717) is 12.0 Å². The fourth-order valence-corrected chi connectivity index (χ4v) is 1.85. The zero-order chi connectivity index (χ0) is 11.8. The normalized spacial score (nSPS) is 18.8. The molecule has 1 heterocycles. The summed E-state index contributed by atoms with van der Waals surface area (Å²) in [5.41, 5.74) is 0.478. The van der Waals surface area contributed by atoms with Crippen LogP contribution >= 0.6 is 0 Å². The molecule has 1 aliphatic heterocycles. The third-order valence-corrected chi connectivity index (χ3v) is 2.63. The molecule has 5 heteroatoms. The van der Waals surface area contributed by atoms with Crippen molar-refractivity contribution in [3.05, 3.63) is 29.6 Å². The molecule has 0 saturated carbocycles. The Labute approximate surface area is 90.7 Å². The van der Waals surface area contributed by atoms with E-state index in [1.807, 2.05) is 0 Å². The topological polar surface area (TPSA) is 20.3 Å². The van der Waals surface area contributed by atoms with Crippen LogP contribution in [0.3, 0.4) is 0 Å². The van der Waals surface area contributed by atoms with Crippen molar-refractivity contribution in [1.82, 2.24) is 0 Å². The molecule has 1 aliphatic rings. The van der Waals surface area contributed by atoms with Crippen molar-refractivity contribution in [3.8, 4) is 0 Å². The number of hydrogen-bond donors (Lipinski definition) is 0. The van der Waals surface area contributed by atoms with Gasteiger partial charge in [-0.25, -0.2) is 13.2 Å². The Morgan fingerprint density at radius 2 is 2.12 bits per heavy atom. The zero-order valence-corrected chi connectivity index (χ0v) is 8.42. The summed E-state index contributed by atoms with van der Waals surface area (Å²) in [5, 5.41) is 0. The SMILES string of the molecule is O=Cc1cc(F)ccc1N1CCC(F)(F)C1. The lowest BCUT2D eigenvalue weighted by atomic mass is 10.1. The van der Waals surface area contributed by atoms with Crippen LogP contribution in [0.2, 0.25) is 0 Å². The van der Waals surface area contributed by atoms with Crippen LogP contribution < -0.4 is 4.90 Å². The molecule has 86 valence electrons. The molecule has 16 heavy (non-hydrogen) atoms. The van der Waals surface area contributed by atoms with Crippen LogP contribution in [0.25, 0.3) is 0 Å². The minimum absolute atomic E-state index is 0.109. The Balaban J connectivity index is 2.31. The Hall–Kier alpha value is -1.52. The van der Waals surface area contributed by atoms with Gasteiger partial charge in [-0.3, -0.25) is 4.79 Å². The molecule has 1 fully saturated rings. The van der Waals surface area contributed by atoms with Crippen molar-refractivity contribution in [2.24, 2.45) is 0 Å². The van der Waals surface area contributed by atoms with Crippen LogP contribution in [0.1, 0.15) is 16.8 Å². The summed E-state index contributed by atoms with van der Waals surface area (Å²) in [6.07, 6.45) is 0.248. The zero-order valence-electron chi connectivity index (χ0n) is 8.42. The summed E-state index contributed by atoms with van der Waals surface area (Å²) in [6.45, 7) is -0.237. The maximum absolute atomic E-state index is 13.0. The molecule has 0 aliphatic carbocycles. The van der Waals surface area contributed by atoms with E-state index >= 15 is 0 Å². The van der Waals surface area contributed by atoms with Gasteiger partial charge in [0.2, 0.25) is 0 Å². The second-order valence-electron chi connectivity index (χ2n) is 3.85. The molecule has 1 aromatic carbocycles. The minimum atomic E-state index is -2.73. The van der Waals surface area contributed by atoms with Gasteiger partial charge >= 0.3 is 0 Å². The lowest BCUT2D eigenvalue weighted by molar-refractivity contribution is 0.0257. The van der Waals surface area contributed by atoms with Crippen LogP contribution in [-0.2, 0) is 0 Å². The molecular formula is C11H10F3NO. The van der Waals surface area contributed by atoms with Crippen molar-refractivity contribution in [2.45, 2.75) is 12.3 Å². The predicted molar refractivity (Wildman–Crippen MR) is 53.6 cm³/mol. The highest BCUT2D eigenvalue weighted by Gasteiger charge is 2.38. The van der Waals surface area contributed by atoms with E-state index < -0.39 is 18.3 Å². The van der Waals surface area contributed by atoms with Crippen LogP contribution in [0.15, 0.2) is 18.2 Å². The average Bonchev–Trinajstić information content (AvgIpc) is 2.58. The average molecular weight is 229 g/mol. The summed E-state index contributed by atoms with van der Waals surface area (Å²) >= 11 is 0. The number of halogens is 3. The molecule has 0 aromatic heterocycles. The van der Waals surface area contributed by atoms with E-state index in [1.165, 1.54) is 17.0 Å². The van der Waals surface area contributed by atoms with Gasteiger partial charge in [0.1, 0.15) is 5.82 Å². The molecule has 2 nitrogen and oxygen atoms in total. The van der Waals surface area contributed by atoms with Gasteiger partial charge in [-0.1, -0.05) is 0 Å². The number of carbonyl (C=O) groups excluding carboxylic acids is 1. The number of benzene rings is 1. The standard InChI is InChI=1S/C11H10F3NO/c12-9-1-2-10(8(5-9)6-16)15-4-3-11(13,14)7-15/h1-2,5-6H,3-4,7H2. The molecule has 0 unspecified atom stereocenters. The maximum atomic E-state index is 13.0. The lowest BCUT2D eigenvalue weighted by Crippen LogP contribution is -2.25. The molecule has 0 atom stereocenters. The predicted octanol–water partition coefficient (Wildman–Crippen LogP) is 2.48. The number of alkyl halides is 2. The maximum Gasteiger partial charge on any atom is 0.266 e. The van der Waals surface area contributed by atoms with Crippen molar-refractivity contribution in [1.29, 1.82) is 0 Å². The fourth-order valence-electron chi connectivity index (χ4n) is 1.85. The first-order valence-electron chi connectivity index (χ1n) is 4.89. The third-order valence-electron chi connectivity index (χ3n) is 2.63. The minimum Gasteiger partial charge on any atom is -0.365 e. The van der Waals surface area contributed by atoms with E-state index in [9.17, 15) is 18.0 Å². The number of hydrogen-bond acceptors (Lipinski definition) is 2. The number of aldehydes is 1. The van der Waals surface area contributed by atoms with Crippen LogP contribution in [-0.4, -0.2) is 25.3 Å². The summed E-state index contributed by atoms with van der Waals surface area (Å²) < 4.78 is 38.8. The summed E-state index contributed by atoms with van der Waals surface area (Å²) in [4.78, 5) is 12.1. The van der Waals surface area contributed by atoms with Gasteiger partial charge in [0, 0.05) is 24.2 Å². The van der Waals surface area contributed by atoms with E-state index in [2.05, 4.69) is 0 Å². The van der Waals surface area contributed by atoms with Crippen molar-refractivity contribution in [3.63, 3.8) is 0 Å². The first kappa shape index (κ1) is 11.0. The van der Waals surface area contributed by atoms with Gasteiger partial charge in [0.25, 0.3) is 5.92 Å². The quantitative estimate of drug-likeness (QED) is 0.726. The van der Waals surface area contributed by atoms with E-state index in [-0.39, 0.29) is 18.5 Å². The molecule has 2 rings (SSSR count). The molecule has 0 amide bonds. The largest absolute Gasteiger partial charge is 0.365 e. The summed E-state index contributed by atoms with van der Waals surface area (Å²) in [6, 6.07) is 3.58. The summed E-state index contributed by atoms with van der Waals surface area (Å²) in [7, 11) is 0. The number of nitrogens with zero attached hydrogens (tertiary/aromatic N) is 1. The molecule has 0 radical (unpaired) electrons. The van der Waals surface area contributed by atoms with Gasteiger partial charge in [-0.2, -0.15) is 0 Å². The summed E-state index contributed by atoms with van der Waals surface area (Å²) in [5.74, 6) is -3.27. The van der Waals surface area contributed by atoms with Gasteiger partial charge < -0.3 is 4.90 Å².